The molecule has 1 aliphatic heterocycles. The lowest BCUT2D eigenvalue weighted by atomic mass is 9.97. The monoisotopic (exact) mass is 405 g/mol. The third-order valence-electron chi connectivity index (χ3n) is 5.62. The summed E-state index contributed by atoms with van der Waals surface area (Å²) in [4.78, 5) is 20.0. The number of nitrogen functional groups attached to an aromatic ring is 1. The van der Waals surface area contributed by atoms with Gasteiger partial charge < -0.3 is 15.7 Å². The first-order valence-corrected chi connectivity index (χ1v) is 10.4. The quantitative estimate of drug-likeness (QED) is 0.678. The van der Waals surface area contributed by atoms with Crippen LogP contribution < -0.4 is 10.6 Å². The third kappa shape index (κ3) is 3.20. The van der Waals surface area contributed by atoms with Crippen LogP contribution >= 0.6 is 11.3 Å². The number of thiazole rings is 1. The standard InChI is InChI=1S/C20H19N7OS/c21-8-13-14(22)7-15(19-24-4-6-29-19)26-18(13)16-9-23-10-17(25-16)27-5-3-20(28,11-27)12-1-2-12/h4,6-7,9-10,12,28H,1-3,5,11H2,(H2,22,26). The van der Waals surface area contributed by atoms with Crippen molar-refractivity contribution < 1.29 is 5.11 Å². The van der Waals surface area contributed by atoms with E-state index in [0.717, 1.165) is 30.8 Å². The normalized spacial score (nSPS) is 21.3. The van der Waals surface area contributed by atoms with Crippen molar-refractivity contribution in [3.63, 3.8) is 0 Å². The van der Waals surface area contributed by atoms with Crippen LogP contribution in [0.4, 0.5) is 11.5 Å². The molecule has 1 aliphatic carbocycles. The summed E-state index contributed by atoms with van der Waals surface area (Å²) in [5.74, 6) is 1.06. The highest BCUT2D eigenvalue weighted by molar-refractivity contribution is 7.13. The van der Waals surface area contributed by atoms with E-state index in [1.54, 1.807) is 24.7 Å². The molecule has 1 saturated carbocycles. The van der Waals surface area contributed by atoms with Crippen LogP contribution in [0.5, 0.6) is 0 Å². The zero-order valence-corrected chi connectivity index (χ0v) is 16.4. The Morgan fingerprint density at radius 3 is 2.86 bits per heavy atom. The molecular formula is C20H19N7OS. The Morgan fingerprint density at radius 2 is 2.14 bits per heavy atom. The van der Waals surface area contributed by atoms with E-state index in [1.807, 2.05) is 5.38 Å². The van der Waals surface area contributed by atoms with Crippen molar-refractivity contribution in [1.82, 2.24) is 19.9 Å². The van der Waals surface area contributed by atoms with E-state index in [9.17, 15) is 10.4 Å². The largest absolute Gasteiger partial charge is 0.398 e. The maximum Gasteiger partial charge on any atom is 0.147 e. The molecule has 0 spiro atoms. The van der Waals surface area contributed by atoms with Crippen molar-refractivity contribution in [2.45, 2.75) is 24.9 Å². The van der Waals surface area contributed by atoms with Crippen LogP contribution in [0, 0.1) is 17.2 Å². The first-order chi connectivity index (χ1) is 14.1. The molecule has 3 aromatic rings. The summed E-state index contributed by atoms with van der Waals surface area (Å²) in [5, 5.41) is 23.1. The van der Waals surface area contributed by atoms with Crippen LogP contribution in [0.3, 0.4) is 0 Å². The molecule has 1 atom stereocenters. The molecule has 1 unspecified atom stereocenters. The molecule has 0 amide bonds. The maximum atomic E-state index is 10.8. The first kappa shape index (κ1) is 18.0. The highest BCUT2D eigenvalue weighted by Crippen LogP contribution is 2.45. The number of anilines is 2. The van der Waals surface area contributed by atoms with Crippen molar-refractivity contribution in [1.29, 1.82) is 5.26 Å². The Kier molecular flexibility index (Phi) is 4.19. The number of hydrogen-bond acceptors (Lipinski definition) is 9. The fourth-order valence-corrected chi connectivity index (χ4v) is 4.51. The number of nitrogens with zero attached hydrogens (tertiary/aromatic N) is 6. The number of nitriles is 1. The van der Waals surface area contributed by atoms with E-state index >= 15 is 0 Å². The van der Waals surface area contributed by atoms with Crippen molar-refractivity contribution in [3.05, 3.63) is 35.6 Å². The maximum absolute atomic E-state index is 10.8. The smallest absolute Gasteiger partial charge is 0.147 e. The van der Waals surface area contributed by atoms with Crippen LogP contribution in [0.2, 0.25) is 0 Å². The van der Waals surface area contributed by atoms with Gasteiger partial charge in [-0.2, -0.15) is 5.26 Å². The van der Waals surface area contributed by atoms with Gasteiger partial charge in [-0.25, -0.2) is 15.0 Å². The molecule has 8 nitrogen and oxygen atoms in total. The Balaban J connectivity index is 1.53. The zero-order valence-electron chi connectivity index (χ0n) is 15.6. The fourth-order valence-electron chi connectivity index (χ4n) is 3.92. The summed E-state index contributed by atoms with van der Waals surface area (Å²) in [7, 11) is 0. The van der Waals surface area contributed by atoms with Gasteiger partial charge in [0.15, 0.2) is 0 Å². The van der Waals surface area contributed by atoms with Gasteiger partial charge in [0.05, 0.1) is 23.7 Å². The lowest BCUT2D eigenvalue weighted by molar-refractivity contribution is 0.0400. The van der Waals surface area contributed by atoms with Crippen LogP contribution in [0.25, 0.3) is 22.1 Å². The SMILES string of the molecule is N#Cc1c(N)cc(-c2nccs2)nc1-c1cncc(N2CCC(O)(C3CC3)C2)n1. The summed E-state index contributed by atoms with van der Waals surface area (Å²) in [5.41, 5.74) is 7.57. The lowest BCUT2D eigenvalue weighted by Crippen LogP contribution is -2.35. The van der Waals surface area contributed by atoms with Crippen molar-refractivity contribution in [2.24, 2.45) is 5.92 Å². The second kappa shape index (κ2) is 6.76. The van der Waals surface area contributed by atoms with E-state index in [2.05, 4.69) is 25.9 Å². The molecule has 0 radical (unpaired) electrons. The predicted octanol–water partition coefficient (Wildman–Crippen LogP) is 2.47. The van der Waals surface area contributed by atoms with Gasteiger partial charge in [-0.1, -0.05) is 0 Å². The van der Waals surface area contributed by atoms with Gasteiger partial charge >= 0.3 is 0 Å². The van der Waals surface area contributed by atoms with Crippen molar-refractivity contribution >= 4 is 22.8 Å². The second-order valence-electron chi connectivity index (χ2n) is 7.58. The molecule has 3 aromatic heterocycles. The number of aliphatic hydroxyl groups is 1. The molecule has 0 bridgehead atoms. The number of hydrogen-bond donors (Lipinski definition) is 2. The summed E-state index contributed by atoms with van der Waals surface area (Å²) >= 11 is 1.45. The van der Waals surface area contributed by atoms with E-state index in [0.29, 0.717) is 41.0 Å². The van der Waals surface area contributed by atoms with Crippen LogP contribution in [-0.4, -0.2) is 43.7 Å². The van der Waals surface area contributed by atoms with Gasteiger partial charge in [-0.15, -0.1) is 11.3 Å². The molecule has 1 saturated heterocycles. The Morgan fingerprint density at radius 1 is 1.28 bits per heavy atom. The van der Waals surface area contributed by atoms with Crippen LogP contribution in [0.15, 0.2) is 30.0 Å². The molecule has 2 fully saturated rings. The van der Waals surface area contributed by atoms with E-state index in [4.69, 9.17) is 10.7 Å². The molecular weight excluding hydrogens is 386 g/mol. The minimum atomic E-state index is -0.636. The molecule has 146 valence electrons. The second-order valence-corrected chi connectivity index (χ2v) is 8.48. The Labute approximate surface area is 171 Å². The van der Waals surface area contributed by atoms with E-state index in [1.165, 1.54) is 11.3 Å². The predicted molar refractivity (Wildman–Crippen MR) is 110 cm³/mol. The van der Waals surface area contributed by atoms with E-state index in [-0.39, 0.29) is 5.56 Å². The third-order valence-corrected chi connectivity index (χ3v) is 6.41. The minimum Gasteiger partial charge on any atom is -0.398 e. The number of aromatic nitrogens is 4. The summed E-state index contributed by atoms with van der Waals surface area (Å²) in [6, 6.07) is 3.80. The number of rotatable bonds is 4. The molecule has 2 aliphatic rings. The number of pyridine rings is 1. The molecule has 9 heteroatoms. The van der Waals surface area contributed by atoms with Crippen LogP contribution in [-0.2, 0) is 0 Å². The number of β-amino-alcohol motifs (C(OH)–C–C–N with tert-alkyl or cyclic N) is 1. The van der Waals surface area contributed by atoms with Crippen molar-refractivity contribution in [2.75, 3.05) is 23.7 Å². The molecule has 5 rings (SSSR count). The Hall–Kier alpha value is -3.09. The van der Waals surface area contributed by atoms with Gasteiger partial charge in [0.25, 0.3) is 0 Å². The van der Waals surface area contributed by atoms with Gasteiger partial charge in [0, 0.05) is 24.7 Å². The van der Waals surface area contributed by atoms with Gasteiger partial charge in [0.2, 0.25) is 0 Å². The Bertz CT molecular complexity index is 1110. The number of nitrogens with two attached hydrogens (primary N) is 1. The highest BCUT2D eigenvalue weighted by Gasteiger charge is 2.48. The summed E-state index contributed by atoms with van der Waals surface area (Å²) in [6.07, 6.45) is 7.88. The average Bonchev–Trinajstić information content (AvgIpc) is 3.31. The van der Waals surface area contributed by atoms with Crippen molar-refractivity contribution in [3.8, 4) is 28.2 Å². The highest BCUT2D eigenvalue weighted by atomic mass is 32.1. The fraction of sp³-hybridized carbons (Fsp3) is 0.350. The minimum absolute atomic E-state index is 0.271. The summed E-state index contributed by atoms with van der Waals surface area (Å²) < 4.78 is 0. The molecule has 29 heavy (non-hydrogen) atoms. The molecule has 4 heterocycles. The zero-order chi connectivity index (χ0) is 20.0. The lowest BCUT2D eigenvalue weighted by Gasteiger charge is -2.23. The molecule has 3 N–H and O–H groups in total. The van der Waals surface area contributed by atoms with E-state index < -0.39 is 5.60 Å². The summed E-state index contributed by atoms with van der Waals surface area (Å²) in [6.45, 7) is 1.28. The van der Waals surface area contributed by atoms with Gasteiger partial charge in [0.1, 0.15) is 39.5 Å². The van der Waals surface area contributed by atoms with Gasteiger partial charge in [-0.05, 0) is 31.2 Å². The average molecular weight is 405 g/mol. The van der Waals surface area contributed by atoms with Gasteiger partial charge in [-0.3, -0.25) is 4.98 Å². The first-order valence-electron chi connectivity index (χ1n) is 9.47. The molecule has 0 aromatic carbocycles. The topological polar surface area (TPSA) is 125 Å². The van der Waals surface area contributed by atoms with Crippen LogP contribution in [0.1, 0.15) is 24.8 Å².